The van der Waals surface area contributed by atoms with E-state index in [2.05, 4.69) is 15.9 Å². The van der Waals surface area contributed by atoms with Crippen LogP contribution in [0.25, 0.3) is 0 Å². The van der Waals surface area contributed by atoms with Crippen LogP contribution in [0.3, 0.4) is 0 Å². The molecule has 4 nitrogen and oxygen atoms in total. The van der Waals surface area contributed by atoms with Gasteiger partial charge in [-0.2, -0.15) is 0 Å². The maximum absolute atomic E-state index is 11.6. The number of hydrogen-bond acceptors (Lipinski definition) is 3. The average Bonchev–Trinajstić information content (AvgIpc) is 2.29. The highest BCUT2D eigenvalue weighted by Crippen LogP contribution is 2.23. The highest BCUT2D eigenvalue weighted by atomic mass is 79.9. The van der Waals surface area contributed by atoms with E-state index in [1.807, 2.05) is 19.1 Å². The summed E-state index contributed by atoms with van der Waals surface area (Å²) in [5, 5.41) is 1.06. The second kappa shape index (κ2) is 6.30. The zero-order chi connectivity index (χ0) is 12.0. The third kappa shape index (κ3) is 3.36. The summed E-state index contributed by atoms with van der Waals surface area (Å²) in [5.74, 6) is 5.32. The number of hydrogen-bond donors (Lipinski definition) is 1. The maximum Gasteiger partial charge on any atom is 0.268 e. The Labute approximate surface area is 103 Å². The van der Waals surface area contributed by atoms with Crippen molar-refractivity contribution in [3.8, 4) is 0 Å². The van der Waals surface area contributed by atoms with Crippen molar-refractivity contribution in [1.29, 1.82) is 0 Å². The van der Waals surface area contributed by atoms with Gasteiger partial charge in [0.15, 0.2) is 0 Å². The molecule has 1 aromatic rings. The topological polar surface area (TPSA) is 55.6 Å². The van der Waals surface area contributed by atoms with Crippen LogP contribution in [0.2, 0.25) is 0 Å². The molecule has 0 aromatic heterocycles. The van der Waals surface area contributed by atoms with E-state index >= 15 is 0 Å². The Balaban J connectivity index is 2.75. The fourth-order valence-electron chi connectivity index (χ4n) is 1.05. The van der Waals surface area contributed by atoms with Gasteiger partial charge in [0.1, 0.15) is 0 Å². The summed E-state index contributed by atoms with van der Waals surface area (Å²) in [4.78, 5) is 11.6. The zero-order valence-corrected chi connectivity index (χ0v) is 10.5. The van der Waals surface area contributed by atoms with Crippen LogP contribution in [0.1, 0.15) is 6.92 Å². The molecule has 0 heterocycles. The Morgan fingerprint density at radius 1 is 1.56 bits per heavy atom. The number of carbonyl (C=O) groups excluding carboxylic acids is 1. The maximum atomic E-state index is 11.6. The van der Waals surface area contributed by atoms with E-state index in [-0.39, 0.29) is 5.91 Å². The summed E-state index contributed by atoms with van der Waals surface area (Å²) in [6.07, 6.45) is 2.61. The second-order valence-electron chi connectivity index (χ2n) is 2.92. The largest absolute Gasteiger partial charge is 0.501 e. The molecule has 2 N–H and O–H groups in total. The second-order valence-corrected chi connectivity index (χ2v) is 3.77. The molecule has 0 radical (unpaired) electrons. The molecule has 5 heteroatoms. The Bertz CT molecular complexity index is 393. The standard InChI is InChI=1S/C11H13BrN2O2/c1-2-16-8-7-11(15)14(13)10-6-4-3-5-9(10)12/h3-8H,2,13H2,1H3. The van der Waals surface area contributed by atoms with E-state index in [4.69, 9.17) is 10.6 Å². The number of ether oxygens (including phenoxy) is 1. The highest BCUT2D eigenvalue weighted by Gasteiger charge is 2.10. The lowest BCUT2D eigenvalue weighted by Crippen LogP contribution is -2.36. The lowest BCUT2D eigenvalue weighted by Gasteiger charge is -2.15. The lowest BCUT2D eigenvalue weighted by atomic mass is 10.3. The molecule has 0 spiro atoms. The van der Waals surface area contributed by atoms with Gasteiger partial charge in [-0.05, 0) is 35.0 Å². The van der Waals surface area contributed by atoms with E-state index in [0.29, 0.717) is 12.3 Å². The van der Waals surface area contributed by atoms with Crippen LogP contribution < -0.4 is 10.9 Å². The van der Waals surface area contributed by atoms with E-state index in [1.165, 1.54) is 12.3 Å². The highest BCUT2D eigenvalue weighted by molar-refractivity contribution is 9.10. The SMILES string of the molecule is CCOC=CC(=O)N(N)c1ccccc1Br. The molecule has 0 atom stereocenters. The molecule has 0 aliphatic carbocycles. The number of rotatable bonds is 4. The smallest absolute Gasteiger partial charge is 0.268 e. The van der Waals surface area contributed by atoms with Gasteiger partial charge in [-0.15, -0.1) is 0 Å². The van der Waals surface area contributed by atoms with Crippen molar-refractivity contribution in [3.05, 3.63) is 41.1 Å². The Morgan fingerprint density at radius 2 is 2.25 bits per heavy atom. The van der Waals surface area contributed by atoms with Crippen molar-refractivity contribution in [1.82, 2.24) is 0 Å². The van der Waals surface area contributed by atoms with Gasteiger partial charge in [0.2, 0.25) is 0 Å². The van der Waals surface area contributed by atoms with Gasteiger partial charge in [-0.3, -0.25) is 4.79 Å². The summed E-state index contributed by atoms with van der Waals surface area (Å²) < 4.78 is 5.68. The molecular formula is C11H13BrN2O2. The quantitative estimate of drug-likeness (QED) is 0.303. The van der Waals surface area contributed by atoms with E-state index < -0.39 is 0 Å². The number of benzene rings is 1. The normalized spacial score (nSPS) is 10.4. The Kier molecular flexibility index (Phi) is 5.01. The van der Waals surface area contributed by atoms with Gasteiger partial charge in [0.05, 0.1) is 18.6 Å². The van der Waals surface area contributed by atoms with Crippen molar-refractivity contribution >= 4 is 27.5 Å². The van der Waals surface area contributed by atoms with Crippen molar-refractivity contribution in [2.45, 2.75) is 6.92 Å². The van der Waals surface area contributed by atoms with Gasteiger partial charge >= 0.3 is 0 Å². The number of carbonyl (C=O) groups is 1. The van der Waals surface area contributed by atoms with Crippen LogP contribution >= 0.6 is 15.9 Å². The van der Waals surface area contributed by atoms with Crippen molar-refractivity contribution in [2.75, 3.05) is 11.6 Å². The fraction of sp³-hybridized carbons (Fsp3) is 0.182. The number of halogens is 1. The third-order valence-corrected chi connectivity index (χ3v) is 2.49. The van der Waals surface area contributed by atoms with Crippen molar-refractivity contribution in [2.24, 2.45) is 5.84 Å². The van der Waals surface area contributed by atoms with E-state index in [9.17, 15) is 4.79 Å². The lowest BCUT2D eigenvalue weighted by molar-refractivity contribution is -0.114. The minimum atomic E-state index is -0.347. The van der Waals surface area contributed by atoms with Gasteiger partial charge in [-0.1, -0.05) is 12.1 Å². The molecule has 0 aliphatic rings. The minimum Gasteiger partial charge on any atom is -0.501 e. The molecule has 1 rings (SSSR count). The van der Waals surface area contributed by atoms with Crippen LogP contribution in [-0.4, -0.2) is 12.5 Å². The molecule has 1 amide bonds. The van der Waals surface area contributed by atoms with Gasteiger partial charge in [0, 0.05) is 10.5 Å². The number of amides is 1. The van der Waals surface area contributed by atoms with Gasteiger partial charge in [-0.25, -0.2) is 10.9 Å². The first-order valence-electron chi connectivity index (χ1n) is 4.78. The number of para-hydroxylation sites is 1. The van der Waals surface area contributed by atoms with E-state index in [0.717, 1.165) is 9.48 Å². The monoisotopic (exact) mass is 284 g/mol. The zero-order valence-electron chi connectivity index (χ0n) is 8.89. The average molecular weight is 285 g/mol. The molecule has 0 aliphatic heterocycles. The summed E-state index contributed by atoms with van der Waals surface area (Å²) in [6.45, 7) is 2.35. The molecule has 0 bridgehead atoms. The Hall–Kier alpha value is -1.33. The van der Waals surface area contributed by atoms with Crippen LogP contribution in [0.15, 0.2) is 41.1 Å². The number of nitrogens with two attached hydrogens (primary N) is 1. The van der Waals surface area contributed by atoms with Crippen LogP contribution in [0, 0.1) is 0 Å². The number of nitrogens with zero attached hydrogens (tertiary/aromatic N) is 1. The number of anilines is 1. The summed E-state index contributed by atoms with van der Waals surface area (Å²) in [5.41, 5.74) is 0.605. The first-order valence-corrected chi connectivity index (χ1v) is 5.57. The fourth-order valence-corrected chi connectivity index (χ4v) is 1.52. The summed E-state index contributed by atoms with van der Waals surface area (Å²) in [6, 6.07) is 7.21. The molecular weight excluding hydrogens is 272 g/mol. The molecule has 0 saturated heterocycles. The molecule has 0 saturated carbocycles. The first-order chi connectivity index (χ1) is 7.66. The Morgan fingerprint density at radius 3 is 2.88 bits per heavy atom. The molecule has 1 aromatic carbocycles. The summed E-state index contributed by atoms with van der Waals surface area (Å²) >= 11 is 3.32. The van der Waals surface area contributed by atoms with Crippen LogP contribution in [0.5, 0.6) is 0 Å². The van der Waals surface area contributed by atoms with Crippen LogP contribution in [-0.2, 0) is 9.53 Å². The van der Waals surface area contributed by atoms with Gasteiger partial charge in [0.25, 0.3) is 5.91 Å². The van der Waals surface area contributed by atoms with Crippen molar-refractivity contribution in [3.63, 3.8) is 0 Å². The van der Waals surface area contributed by atoms with Crippen LogP contribution in [0.4, 0.5) is 5.69 Å². The van der Waals surface area contributed by atoms with E-state index in [1.54, 1.807) is 12.1 Å². The third-order valence-electron chi connectivity index (χ3n) is 1.82. The summed E-state index contributed by atoms with van der Waals surface area (Å²) in [7, 11) is 0. The predicted molar refractivity (Wildman–Crippen MR) is 66.6 cm³/mol. The number of hydrazine groups is 1. The molecule has 0 unspecified atom stereocenters. The van der Waals surface area contributed by atoms with Gasteiger partial charge < -0.3 is 4.74 Å². The minimum absolute atomic E-state index is 0.347. The predicted octanol–water partition coefficient (Wildman–Crippen LogP) is 2.21. The van der Waals surface area contributed by atoms with Crippen molar-refractivity contribution < 1.29 is 9.53 Å². The molecule has 0 fully saturated rings. The molecule has 86 valence electrons. The molecule has 16 heavy (non-hydrogen) atoms. The first kappa shape index (κ1) is 12.7.